The molecular weight excluding hydrogens is 701 g/mol. The highest BCUT2D eigenvalue weighted by Crippen LogP contribution is 2.43. The lowest BCUT2D eigenvalue weighted by Gasteiger charge is -2.11. The van der Waals surface area contributed by atoms with Crippen molar-refractivity contribution in [2.75, 3.05) is 0 Å². The molecule has 12 aromatic rings. The summed E-state index contributed by atoms with van der Waals surface area (Å²) in [6.07, 6.45) is 0. The molecule has 0 aliphatic rings. The molecule has 8 aromatic carbocycles. The second kappa shape index (κ2) is 12.3. The lowest BCUT2D eigenvalue weighted by Crippen LogP contribution is -2.06. The average Bonchev–Trinajstić information content (AvgIpc) is 4.15. The van der Waals surface area contributed by atoms with E-state index in [2.05, 4.69) is 9.97 Å². The first-order chi connectivity index (χ1) is 36.6. The largest absolute Gasteiger partial charge is 0.456 e. The lowest BCUT2D eigenvalue weighted by molar-refractivity contribution is 0.669. The highest BCUT2D eigenvalue weighted by atomic mass is 16.3. The second-order valence-corrected chi connectivity index (χ2v) is 12.8. The van der Waals surface area contributed by atoms with Gasteiger partial charge in [-0.2, -0.15) is 9.97 Å². The fraction of sp³-hybridized carbons (Fsp3) is 0. The normalized spacial score (nSPS) is 16.8. The smallest absolute Gasteiger partial charge is 0.238 e. The third-order valence-electron chi connectivity index (χ3n) is 9.57. The molecule has 12 rings (SSSR count). The summed E-state index contributed by atoms with van der Waals surface area (Å²) in [4.78, 5) is 13.9. The first-order valence-corrected chi connectivity index (χ1v) is 17.4. The third-order valence-corrected chi connectivity index (χ3v) is 9.57. The molecule has 0 fully saturated rings. The Morgan fingerprint density at radius 3 is 1.84 bits per heavy atom. The summed E-state index contributed by atoms with van der Waals surface area (Å²) in [6, 6.07) is 3.35. The Morgan fingerprint density at radius 1 is 0.404 bits per heavy atom. The molecule has 0 saturated heterocycles. The Labute approximate surface area is 354 Å². The number of benzene rings is 8. The van der Waals surface area contributed by atoms with Crippen molar-refractivity contribution in [1.82, 2.24) is 19.5 Å². The van der Waals surface area contributed by atoms with Gasteiger partial charge in [-0.1, -0.05) is 139 Å². The fourth-order valence-corrected chi connectivity index (χ4v) is 7.10. The number of fused-ring (bicyclic) bond motifs is 9. The topological polar surface area (TPSA) is 69.9 Å². The van der Waals surface area contributed by atoms with E-state index in [0.29, 0.717) is 11.1 Å². The fourth-order valence-electron chi connectivity index (χ4n) is 7.10. The van der Waals surface area contributed by atoms with Gasteiger partial charge in [-0.15, -0.1) is 0 Å². The number of para-hydroxylation sites is 1. The van der Waals surface area contributed by atoms with Crippen molar-refractivity contribution < 1.29 is 36.2 Å². The molecule has 6 nitrogen and oxygen atoms in total. The van der Waals surface area contributed by atoms with Gasteiger partial charge < -0.3 is 8.83 Å². The van der Waals surface area contributed by atoms with E-state index in [0.717, 1.165) is 4.57 Å². The van der Waals surface area contributed by atoms with Crippen LogP contribution in [0, 0.1) is 0 Å². The van der Waals surface area contributed by atoms with E-state index in [1.54, 1.807) is 60.7 Å². The number of rotatable bonds is 5. The summed E-state index contributed by atoms with van der Waals surface area (Å²) in [5.41, 5.74) is -2.62. The molecule has 0 N–H and O–H groups in total. The van der Waals surface area contributed by atoms with Gasteiger partial charge in [-0.3, -0.25) is 4.57 Å². The average molecular weight is 751 g/mol. The van der Waals surface area contributed by atoms with Crippen molar-refractivity contribution in [1.29, 1.82) is 0 Å². The standard InChI is InChI=1S/C51H30N4O2/c1-4-14-31(15-5-1)35-21-12-23-41-47(35)40-30-46-39(37-20-10-11-24-43(37)56-46)29-42(40)55(41)51-53-49(33-18-8-3-9-19-33)52-50(54-51)34-26-27-38-45(28-34)57-44-25-13-22-36(48(38)44)32-16-6-2-7-17-32/h1-30H/i3D,8D,9D,10D,11D,12D,13D,18D,19D,20D,21D,22D,23D,24D,25D,26D,27D,28D,29D,30D. The van der Waals surface area contributed by atoms with E-state index in [-0.39, 0.29) is 65.6 Å². The van der Waals surface area contributed by atoms with Crippen LogP contribution in [0.15, 0.2) is 190 Å². The Balaban J connectivity index is 1.30. The molecule has 0 aliphatic heterocycles. The zero-order valence-corrected chi connectivity index (χ0v) is 28.9. The van der Waals surface area contributed by atoms with E-state index >= 15 is 0 Å². The van der Waals surface area contributed by atoms with E-state index < -0.39 is 161 Å². The van der Waals surface area contributed by atoms with E-state index in [1.165, 1.54) is 0 Å². The van der Waals surface area contributed by atoms with Crippen LogP contribution >= 0.6 is 0 Å². The molecule has 6 heteroatoms. The third kappa shape index (κ3) is 4.94. The Hall–Kier alpha value is -7.83. The minimum Gasteiger partial charge on any atom is -0.456 e. The highest BCUT2D eigenvalue weighted by Gasteiger charge is 2.23. The molecule has 0 atom stereocenters. The first kappa shape index (κ1) is 17.8. The minimum atomic E-state index is -0.823. The molecule has 0 aliphatic carbocycles. The SMILES string of the molecule is [2H]c1c([2H])c([2H])c(-c2nc(-c3c([2H])c([2H])c4c(oc5c([2H])c([2H])c([2H])c(-c6ccccc6)c54)c3[2H])nc(-n3c4c([2H])c([2H])c([2H])c(-c5ccccc5)c4c4c([2H])c5oc6c([2H])c([2H])c([2H])c([2H])c6c5c([2H])c43)n2)c([2H])c1[2H]. The maximum atomic E-state index is 10.0. The molecule has 4 aromatic heterocycles. The number of furan rings is 2. The van der Waals surface area contributed by atoms with Crippen LogP contribution in [-0.2, 0) is 0 Å². The summed E-state index contributed by atoms with van der Waals surface area (Å²) in [6.45, 7) is 0. The number of hydrogen-bond acceptors (Lipinski definition) is 5. The molecule has 0 unspecified atom stereocenters. The first-order valence-electron chi connectivity index (χ1n) is 27.4. The molecule has 0 bridgehead atoms. The van der Waals surface area contributed by atoms with E-state index in [9.17, 15) is 11.0 Å². The summed E-state index contributed by atoms with van der Waals surface area (Å²) >= 11 is 0. The van der Waals surface area contributed by atoms with Gasteiger partial charge in [-0.25, -0.2) is 4.98 Å². The van der Waals surface area contributed by atoms with E-state index in [1.807, 2.05) is 0 Å². The van der Waals surface area contributed by atoms with Crippen molar-refractivity contribution >= 4 is 65.7 Å². The van der Waals surface area contributed by atoms with Crippen molar-refractivity contribution in [2.24, 2.45) is 0 Å². The van der Waals surface area contributed by atoms with Gasteiger partial charge in [0.1, 0.15) is 22.3 Å². The Kier molecular flexibility index (Phi) is 3.85. The quantitative estimate of drug-likeness (QED) is 0.175. The van der Waals surface area contributed by atoms with Crippen LogP contribution in [0.1, 0.15) is 27.4 Å². The summed E-state index contributed by atoms with van der Waals surface area (Å²) in [7, 11) is 0. The minimum absolute atomic E-state index is 0.00791. The molecule has 57 heavy (non-hydrogen) atoms. The van der Waals surface area contributed by atoms with Crippen LogP contribution < -0.4 is 0 Å². The van der Waals surface area contributed by atoms with Crippen LogP contribution in [0.3, 0.4) is 0 Å². The highest BCUT2D eigenvalue weighted by molar-refractivity contribution is 6.20. The summed E-state index contributed by atoms with van der Waals surface area (Å²) < 4.78 is 195. The molecule has 0 radical (unpaired) electrons. The predicted molar refractivity (Wildman–Crippen MR) is 230 cm³/mol. The molecule has 0 amide bonds. The summed E-state index contributed by atoms with van der Waals surface area (Å²) in [5.74, 6) is -2.07. The van der Waals surface area contributed by atoms with Gasteiger partial charge in [0.05, 0.1) is 38.4 Å². The van der Waals surface area contributed by atoms with Crippen LogP contribution in [0.2, 0.25) is 0 Å². The van der Waals surface area contributed by atoms with Crippen LogP contribution in [0.5, 0.6) is 0 Å². The molecule has 0 spiro atoms. The molecule has 4 heterocycles. The monoisotopic (exact) mass is 750 g/mol. The zero-order valence-electron chi connectivity index (χ0n) is 48.9. The van der Waals surface area contributed by atoms with Crippen molar-refractivity contribution in [3.05, 3.63) is 182 Å². The van der Waals surface area contributed by atoms with Gasteiger partial charge in [0, 0.05) is 43.4 Å². The molecule has 266 valence electrons. The Morgan fingerprint density at radius 2 is 1.05 bits per heavy atom. The van der Waals surface area contributed by atoms with E-state index in [4.69, 9.17) is 30.3 Å². The van der Waals surface area contributed by atoms with Crippen LogP contribution in [0.4, 0.5) is 0 Å². The lowest BCUT2D eigenvalue weighted by atomic mass is 9.99. The van der Waals surface area contributed by atoms with Crippen molar-refractivity contribution in [2.45, 2.75) is 0 Å². The molecule has 0 saturated carbocycles. The Bertz CT molecular complexity index is 4660. The number of nitrogens with zero attached hydrogens (tertiary/aromatic N) is 4. The van der Waals surface area contributed by atoms with Crippen LogP contribution in [0.25, 0.3) is 117 Å². The van der Waals surface area contributed by atoms with Crippen molar-refractivity contribution in [3.8, 4) is 51.0 Å². The molecular formula is C51H30N4O2. The van der Waals surface area contributed by atoms with Gasteiger partial charge in [-0.05, 0) is 64.6 Å². The van der Waals surface area contributed by atoms with Gasteiger partial charge in [0.25, 0.3) is 0 Å². The van der Waals surface area contributed by atoms with Crippen molar-refractivity contribution in [3.63, 3.8) is 0 Å². The maximum Gasteiger partial charge on any atom is 0.238 e. The zero-order chi connectivity index (χ0) is 54.9. The second-order valence-electron chi connectivity index (χ2n) is 12.8. The van der Waals surface area contributed by atoms with Gasteiger partial charge in [0.2, 0.25) is 5.95 Å². The number of hydrogen-bond donors (Lipinski definition) is 0. The van der Waals surface area contributed by atoms with Crippen LogP contribution in [-0.4, -0.2) is 19.5 Å². The summed E-state index contributed by atoms with van der Waals surface area (Å²) in [5, 5.41) is -1.11. The van der Waals surface area contributed by atoms with Gasteiger partial charge in [0.15, 0.2) is 11.6 Å². The van der Waals surface area contributed by atoms with Gasteiger partial charge >= 0.3 is 0 Å². The number of aromatic nitrogens is 4. The predicted octanol–water partition coefficient (Wildman–Crippen LogP) is 13.4. The maximum absolute atomic E-state index is 10.0.